The first-order valence-corrected chi connectivity index (χ1v) is 6.86. The Morgan fingerprint density at radius 3 is 2.86 bits per heavy atom. The lowest BCUT2D eigenvalue weighted by Gasteiger charge is -2.13. The van der Waals surface area contributed by atoms with E-state index in [4.69, 9.17) is 11.6 Å². The molecule has 1 amide bonds. The maximum Gasteiger partial charge on any atom is 0.259 e. The van der Waals surface area contributed by atoms with E-state index in [2.05, 4.69) is 15.6 Å². The molecule has 2 rings (SSSR count). The number of halogens is 2. The zero-order valence-corrected chi connectivity index (χ0v) is 12.5. The molecule has 6 heteroatoms. The third-order valence-electron chi connectivity index (χ3n) is 2.90. The Bertz CT molecular complexity index is 656. The molecule has 2 N–H and O–H groups in total. The van der Waals surface area contributed by atoms with Crippen LogP contribution in [-0.2, 0) is 0 Å². The molecule has 0 radical (unpaired) electrons. The van der Waals surface area contributed by atoms with Gasteiger partial charge in [0, 0.05) is 6.54 Å². The number of aryl methyl sites for hydroxylation is 1. The molecule has 2 aromatic rings. The van der Waals surface area contributed by atoms with E-state index in [1.54, 1.807) is 12.1 Å². The van der Waals surface area contributed by atoms with Gasteiger partial charge in [0.05, 0.1) is 22.5 Å². The Hall–Kier alpha value is -2.14. The predicted molar refractivity (Wildman–Crippen MR) is 82.5 cm³/mol. The van der Waals surface area contributed by atoms with Crippen LogP contribution >= 0.6 is 11.6 Å². The van der Waals surface area contributed by atoms with Crippen LogP contribution in [0.15, 0.2) is 30.5 Å². The van der Waals surface area contributed by atoms with Crippen molar-refractivity contribution >= 4 is 29.0 Å². The lowest BCUT2D eigenvalue weighted by atomic mass is 10.1. The van der Waals surface area contributed by atoms with Crippen molar-refractivity contribution in [3.63, 3.8) is 0 Å². The summed E-state index contributed by atoms with van der Waals surface area (Å²) >= 11 is 6.07. The highest BCUT2D eigenvalue weighted by Crippen LogP contribution is 2.26. The molecule has 0 fully saturated rings. The molecule has 0 aliphatic rings. The number of nitrogens with zero attached hydrogens (tertiary/aromatic N) is 1. The van der Waals surface area contributed by atoms with Crippen molar-refractivity contribution in [2.24, 2.45) is 0 Å². The minimum absolute atomic E-state index is 0.135. The van der Waals surface area contributed by atoms with Crippen LogP contribution < -0.4 is 10.6 Å². The third kappa shape index (κ3) is 3.49. The molecule has 0 saturated carbocycles. The molecule has 0 bridgehead atoms. The summed E-state index contributed by atoms with van der Waals surface area (Å²) in [6.45, 7) is 4.27. The van der Waals surface area contributed by atoms with Gasteiger partial charge in [0.15, 0.2) is 0 Å². The van der Waals surface area contributed by atoms with E-state index in [9.17, 15) is 9.18 Å². The molecule has 1 heterocycles. The minimum Gasteiger partial charge on any atom is -0.370 e. The van der Waals surface area contributed by atoms with Crippen LogP contribution in [0.3, 0.4) is 0 Å². The second-order valence-electron chi connectivity index (χ2n) is 4.47. The Kier molecular flexibility index (Phi) is 4.75. The summed E-state index contributed by atoms with van der Waals surface area (Å²) < 4.78 is 13.3. The summed E-state index contributed by atoms with van der Waals surface area (Å²) in [6.07, 6.45) is 1.06. The van der Waals surface area contributed by atoms with Crippen LogP contribution in [0.25, 0.3) is 0 Å². The number of rotatable bonds is 4. The van der Waals surface area contributed by atoms with Crippen LogP contribution in [0.1, 0.15) is 22.8 Å². The summed E-state index contributed by atoms with van der Waals surface area (Å²) in [5.41, 5.74) is 1.47. The lowest BCUT2D eigenvalue weighted by molar-refractivity contribution is 0.102. The van der Waals surface area contributed by atoms with Crippen LogP contribution in [0, 0.1) is 12.7 Å². The number of para-hydroxylation sites is 1. The molecule has 1 aromatic carbocycles. The van der Waals surface area contributed by atoms with Gasteiger partial charge in [-0.05, 0) is 31.5 Å². The minimum atomic E-state index is -0.572. The first kappa shape index (κ1) is 15.3. The van der Waals surface area contributed by atoms with E-state index in [-0.39, 0.29) is 5.56 Å². The zero-order chi connectivity index (χ0) is 15.4. The van der Waals surface area contributed by atoms with Gasteiger partial charge < -0.3 is 10.6 Å². The largest absolute Gasteiger partial charge is 0.370 e. The maximum atomic E-state index is 13.3. The molecular weight excluding hydrogens is 293 g/mol. The SMILES string of the molecule is CCNc1ncc(F)cc1C(=O)Nc1c(C)cccc1Cl. The molecule has 0 aliphatic carbocycles. The summed E-state index contributed by atoms with van der Waals surface area (Å²) in [5.74, 6) is -0.701. The molecule has 21 heavy (non-hydrogen) atoms. The summed E-state index contributed by atoms with van der Waals surface area (Å²) in [6, 6.07) is 6.45. The van der Waals surface area contributed by atoms with Gasteiger partial charge in [0.1, 0.15) is 11.6 Å². The van der Waals surface area contributed by atoms with Crippen LogP contribution in [-0.4, -0.2) is 17.4 Å². The Labute approximate surface area is 127 Å². The van der Waals surface area contributed by atoms with Gasteiger partial charge >= 0.3 is 0 Å². The van der Waals surface area contributed by atoms with Crippen molar-refractivity contribution in [1.82, 2.24) is 4.98 Å². The number of hydrogen-bond acceptors (Lipinski definition) is 3. The van der Waals surface area contributed by atoms with E-state index >= 15 is 0 Å². The van der Waals surface area contributed by atoms with Crippen molar-refractivity contribution in [2.75, 3.05) is 17.2 Å². The monoisotopic (exact) mass is 307 g/mol. The first-order valence-electron chi connectivity index (χ1n) is 6.48. The molecule has 0 unspecified atom stereocenters. The van der Waals surface area contributed by atoms with E-state index in [1.807, 2.05) is 19.9 Å². The van der Waals surface area contributed by atoms with Gasteiger partial charge in [0.25, 0.3) is 5.91 Å². The van der Waals surface area contributed by atoms with E-state index in [1.165, 1.54) is 0 Å². The van der Waals surface area contributed by atoms with Gasteiger partial charge in [0.2, 0.25) is 0 Å². The quantitative estimate of drug-likeness (QED) is 0.901. The molecule has 0 atom stereocenters. The van der Waals surface area contributed by atoms with E-state index in [0.717, 1.165) is 17.8 Å². The highest BCUT2D eigenvalue weighted by Gasteiger charge is 2.16. The molecular formula is C15H15ClFN3O. The second-order valence-corrected chi connectivity index (χ2v) is 4.87. The third-order valence-corrected chi connectivity index (χ3v) is 3.22. The number of carbonyl (C=O) groups excluding carboxylic acids is 1. The molecule has 4 nitrogen and oxygen atoms in total. The average Bonchev–Trinajstić information content (AvgIpc) is 2.45. The topological polar surface area (TPSA) is 54.0 Å². The standard InChI is InChI=1S/C15H15ClFN3O/c1-3-18-14-11(7-10(17)8-19-14)15(21)20-13-9(2)5-4-6-12(13)16/h4-8H,3H2,1-2H3,(H,18,19)(H,20,21). The highest BCUT2D eigenvalue weighted by molar-refractivity contribution is 6.34. The molecule has 0 spiro atoms. The predicted octanol–water partition coefficient (Wildman–Crippen LogP) is 3.87. The smallest absolute Gasteiger partial charge is 0.259 e. The second kappa shape index (κ2) is 6.54. The lowest BCUT2D eigenvalue weighted by Crippen LogP contribution is -2.17. The average molecular weight is 308 g/mol. The Morgan fingerprint density at radius 2 is 2.19 bits per heavy atom. The first-order chi connectivity index (χ1) is 10.0. The number of carbonyl (C=O) groups is 1. The fourth-order valence-electron chi connectivity index (χ4n) is 1.89. The fraction of sp³-hybridized carbons (Fsp3) is 0.200. The van der Waals surface area contributed by atoms with Crippen molar-refractivity contribution < 1.29 is 9.18 Å². The van der Waals surface area contributed by atoms with E-state index < -0.39 is 11.7 Å². The molecule has 110 valence electrons. The number of anilines is 2. The van der Waals surface area contributed by atoms with E-state index in [0.29, 0.717) is 23.1 Å². The van der Waals surface area contributed by atoms with Gasteiger partial charge in [-0.1, -0.05) is 23.7 Å². The summed E-state index contributed by atoms with van der Waals surface area (Å²) in [7, 11) is 0. The van der Waals surface area contributed by atoms with Crippen molar-refractivity contribution in [3.05, 3.63) is 52.4 Å². The number of nitrogens with one attached hydrogen (secondary N) is 2. The molecule has 0 aliphatic heterocycles. The number of pyridine rings is 1. The van der Waals surface area contributed by atoms with Crippen molar-refractivity contribution in [2.45, 2.75) is 13.8 Å². The van der Waals surface area contributed by atoms with Gasteiger partial charge in [-0.25, -0.2) is 9.37 Å². The van der Waals surface area contributed by atoms with Crippen LogP contribution in [0.4, 0.5) is 15.9 Å². The Balaban J connectivity index is 2.34. The highest BCUT2D eigenvalue weighted by atomic mass is 35.5. The Morgan fingerprint density at radius 1 is 1.43 bits per heavy atom. The fourth-order valence-corrected chi connectivity index (χ4v) is 2.16. The summed E-state index contributed by atoms with van der Waals surface area (Å²) in [5, 5.41) is 6.06. The normalized spacial score (nSPS) is 10.3. The maximum absolute atomic E-state index is 13.3. The van der Waals surface area contributed by atoms with Crippen LogP contribution in [0.5, 0.6) is 0 Å². The number of benzene rings is 1. The zero-order valence-electron chi connectivity index (χ0n) is 11.7. The summed E-state index contributed by atoms with van der Waals surface area (Å²) in [4.78, 5) is 16.2. The number of aromatic nitrogens is 1. The van der Waals surface area contributed by atoms with Crippen LogP contribution in [0.2, 0.25) is 5.02 Å². The van der Waals surface area contributed by atoms with Crippen molar-refractivity contribution in [3.8, 4) is 0 Å². The molecule has 0 saturated heterocycles. The molecule has 1 aromatic heterocycles. The number of amides is 1. The van der Waals surface area contributed by atoms with Gasteiger partial charge in [-0.3, -0.25) is 4.79 Å². The van der Waals surface area contributed by atoms with Gasteiger partial charge in [-0.2, -0.15) is 0 Å². The van der Waals surface area contributed by atoms with Crippen molar-refractivity contribution in [1.29, 1.82) is 0 Å². The number of hydrogen-bond donors (Lipinski definition) is 2. The van der Waals surface area contributed by atoms with Gasteiger partial charge in [-0.15, -0.1) is 0 Å².